The second kappa shape index (κ2) is 9.79. The molecule has 1 aromatic heterocycles. The summed E-state index contributed by atoms with van der Waals surface area (Å²) in [6, 6.07) is 5.63. The monoisotopic (exact) mass is 470 g/mol. The molecular weight excluding hydrogens is 436 g/mol. The van der Waals surface area contributed by atoms with Crippen molar-refractivity contribution in [2.45, 2.75) is 71.5 Å². The fraction of sp³-hybridized carbons (Fsp3) is 0.560. The van der Waals surface area contributed by atoms with Gasteiger partial charge in [-0.25, -0.2) is 4.68 Å². The van der Waals surface area contributed by atoms with E-state index in [1.54, 1.807) is 11.8 Å². The van der Waals surface area contributed by atoms with Gasteiger partial charge < -0.3 is 14.8 Å². The van der Waals surface area contributed by atoms with Crippen molar-refractivity contribution in [1.82, 2.24) is 14.8 Å². The van der Waals surface area contributed by atoms with E-state index >= 15 is 0 Å². The van der Waals surface area contributed by atoms with Crippen molar-refractivity contribution in [2.75, 3.05) is 24.3 Å². The zero-order valence-corrected chi connectivity index (χ0v) is 21.1. The molecule has 0 saturated heterocycles. The maximum Gasteiger partial charge on any atom is 0.227 e. The molecule has 0 bridgehead atoms. The number of rotatable bonds is 9. The quantitative estimate of drug-likeness (QED) is 0.376. The van der Waals surface area contributed by atoms with Crippen LogP contribution in [0.3, 0.4) is 0 Å². The third-order valence-corrected chi connectivity index (χ3v) is 6.64. The van der Waals surface area contributed by atoms with Crippen LogP contribution in [0.15, 0.2) is 34.6 Å². The zero-order valence-electron chi connectivity index (χ0n) is 20.2. The Balaban J connectivity index is 1.80. The SMILES string of the molecule is CCCCOc1ccc(C2C3=C(CC(C)(C)CC3=O)Nc3nc(SCC)nn32)cc1OCC. The Labute approximate surface area is 200 Å². The average Bonchev–Trinajstić information content (AvgIpc) is 3.15. The molecular formula is C25H34N4O3S. The minimum absolute atomic E-state index is 0.0931. The van der Waals surface area contributed by atoms with E-state index in [2.05, 4.69) is 33.0 Å². The number of Topliss-reactive ketones (excluding diaryl/α,β-unsaturated/α-hetero) is 1. The van der Waals surface area contributed by atoms with Gasteiger partial charge in [-0.05, 0) is 48.6 Å². The lowest BCUT2D eigenvalue weighted by Gasteiger charge is -2.38. The van der Waals surface area contributed by atoms with Gasteiger partial charge in [0.25, 0.3) is 0 Å². The first-order valence-corrected chi connectivity index (χ1v) is 12.9. The smallest absolute Gasteiger partial charge is 0.227 e. The van der Waals surface area contributed by atoms with Gasteiger partial charge in [-0.1, -0.05) is 51.9 Å². The third-order valence-electron chi connectivity index (χ3n) is 5.92. The first-order valence-electron chi connectivity index (χ1n) is 11.9. The van der Waals surface area contributed by atoms with Gasteiger partial charge in [0.1, 0.15) is 6.04 Å². The van der Waals surface area contributed by atoms with Gasteiger partial charge in [-0.3, -0.25) is 4.79 Å². The zero-order chi connectivity index (χ0) is 23.6. The van der Waals surface area contributed by atoms with Gasteiger partial charge in [0.15, 0.2) is 17.3 Å². The van der Waals surface area contributed by atoms with Crippen LogP contribution in [0.1, 0.15) is 71.9 Å². The number of aromatic nitrogens is 3. The van der Waals surface area contributed by atoms with Gasteiger partial charge in [-0.2, -0.15) is 4.98 Å². The van der Waals surface area contributed by atoms with Crippen molar-refractivity contribution >= 4 is 23.5 Å². The molecule has 1 aromatic carbocycles. The lowest BCUT2D eigenvalue weighted by Crippen LogP contribution is -2.36. The van der Waals surface area contributed by atoms with Gasteiger partial charge in [0.05, 0.1) is 13.2 Å². The first kappa shape index (κ1) is 23.7. The molecule has 2 aliphatic rings. The van der Waals surface area contributed by atoms with Crippen LogP contribution in [0.25, 0.3) is 0 Å². The highest BCUT2D eigenvalue weighted by Gasteiger charge is 2.42. The Hall–Kier alpha value is -2.48. The molecule has 178 valence electrons. The number of hydrogen-bond acceptors (Lipinski definition) is 7. The van der Waals surface area contributed by atoms with Gasteiger partial charge in [0.2, 0.25) is 11.1 Å². The first-order chi connectivity index (χ1) is 15.9. The molecule has 1 unspecified atom stereocenters. The highest BCUT2D eigenvalue weighted by molar-refractivity contribution is 7.99. The summed E-state index contributed by atoms with van der Waals surface area (Å²) < 4.78 is 13.8. The molecule has 1 aliphatic carbocycles. The van der Waals surface area contributed by atoms with Gasteiger partial charge >= 0.3 is 0 Å². The predicted octanol–water partition coefficient (Wildman–Crippen LogP) is 5.63. The van der Waals surface area contributed by atoms with Gasteiger partial charge in [-0.15, -0.1) is 5.10 Å². The van der Waals surface area contributed by atoms with Crippen LogP contribution in [0.2, 0.25) is 0 Å². The molecule has 2 aromatic rings. The van der Waals surface area contributed by atoms with Crippen molar-refractivity contribution in [2.24, 2.45) is 5.41 Å². The number of hydrogen-bond donors (Lipinski definition) is 1. The number of nitrogens with one attached hydrogen (secondary N) is 1. The number of ether oxygens (including phenoxy) is 2. The summed E-state index contributed by atoms with van der Waals surface area (Å²) in [6.45, 7) is 11.6. The summed E-state index contributed by atoms with van der Waals surface area (Å²) in [5.41, 5.74) is 2.59. The Morgan fingerprint density at radius 2 is 2.00 bits per heavy atom. The number of fused-ring (bicyclic) bond motifs is 1. The van der Waals surface area contributed by atoms with Gasteiger partial charge in [0, 0.05) is 17.7 Å². The topological polar surface area (TPSA) is 78.3 Å². The second-order valence-corrected chi connectivity index (χ2v) is 10.5. The fourth-order valence-corrected chi connectivity index (χ4v) is 5.05. The summed E-state index contributed by atoms with van der Waals surface area (Å²) >= 11 is 1.59. The third kappa shape index (κ3) is 4.90. The van der Waals surface area contributed by atoms with Crippen LogP contribution < -0.4 is 14.8 Å². The number of ketones is 1. The van der Waals surface area contributed by atoms with E-state index in [9.17, 15) is 4.79 Å². The number of nitrogens with zero attached hydrogens (tertiary/aromatic N) is 3. The largest absolute Gasteiger partial charge is 0.490 e. The summed E-state index contributed by atoms with van der Waals surface area (Å²) in [4.78, 5) is 18.1. The molecule has 1 aliphatic heterocycles. The molecule has 0 radical (unpaired) electrons. The lowest BCUT2D eigenvalue weighted by atomic mass is 9.73. The second-order valence-electron chi connectivity index (χ2n) is 9.30. The van der Waals surface area contributed by atoms with Crippen LogP contribution >= 0.6 is 11.8 Å². The van der Waals surface area contributed by atoms with E-state index in [4.69, 9.17) is 19.6 Å². The Kier molecular flexibility index (Phi) is 7.02. The molecule has 0 spiro atoms. The van der Waals surface area contributed by atoms with Crippen molar-refractivity contribution in [1.29, 1.82) is 0 Å². The molecule has 0 fully saturated rings. The van der Waals surface area contributed by atoms with Crippen LogP contribution in [0, 0.1) is 5.41 Å². The number of allylic oxidation sites excluding steroid dienone is 2. The molecule has 4 rings (SSSR count). The van der Waals surface area contributed by atoms with Crippen LogP contribution in [0.4, 0.5) is 5.95 Å². The minimum Gasteiger partial charge on any atom is -0.490 e. The maximum absolute atomic E-state index is 13.4. The number of carbonyl (C=O) groups excluding carboxylic acids is 1. The summed E-state index contributed by atoms with van der Waals surface area (Å²) in [5.74, 6) is 3.15. The number of benzene rings is 1. The van der Waals surface area contributed by atoms with Crippen LogP contribution in [-0.2, 0) is 4.79 Å². The standard InChI is InChI=1S/C25H34N4O3S/c1-6-9-12-32-19-11-10-16(13-20(19)31-7-2)22-21-17(14-25(4,5)15-18(21)30)26-23-27-24(33-8-3)28-29(22)23/h10-11,13,22H,6-9,12,14-15H2,1-5H3,(H,26,27,28). The highest BCUT2D eigenvalue weighted by Crippen LogP contribution is 2.46. The van der Waals surface area contributed by atoms with Crippen LogP contribution in [0.5, 0.6) is 11.5 Å². The summed E-state index contributed by atoms with van der Waals surface area (Å²) in [5, 5.41) is 8.90. The van der Waals surface area contributed by atoms with Crippen molar-refractivity contribution in [3.05, 3.63) is 35.0 Å². The Morgan fingerprint density at radius 1 is 1.18 bits per heavy atom. The fourth-order valence-electron chi connectivity index (χ4n) is 4.50. The highest BCUT2D eigenvalue weighted by atomic mass is 32.2. The van der Waals surface area contributed by atoms with E-state index < -0.39 is 0 Å². The normalized spacial score (nSPS) is 19.1. The molecule has 1 N–H and O–H groups in total. The Morgan fingerprint density at radius 3 is 2.73 bits per heavy atom. The van der Waals surface area contributed by atoms with Crippen molar-refractivity contribution in [3.8, 4) is 11.5 Å². The van der Waals surface area contributed by atoms with Crippen LogP contribution in [-0.4, -0.2) is 39.5 Å². The summed E-state index contributed by atoms with van der Waals surface area (Å²) in [7, 11) is 0. The van der Waals surface area contributed by atoms with Crippen molar-refractivity contribution < 1.29 is 14.3 Å². The molecule has 0 amide bonds. The molecule has 33 heavy (non-hydrogen) atoms. The number of anilines is 1. The molecule has 2 heterocycles. The number of carbonyl (C=O) groups is 1. The van der Waals surface area contributed by atoms with E-state index in [1.165, 1.54) is 0 Å². The molecule has 8 heteroatoms. The number of thioether (sulfide) groups is 1. The van der Waals surface area contributed by atoms with E-state index in [1.807, 2.05) is 29.8 Å². The van der Waals surface area contributed by atoms with E-state index in [-0.39, 0.29) is 17.2 Å². The Bertz CT molecular complexity index is 1060. The molecule has 0 saturated carbocycles. The maximum atomic E-state index is 13.4. The van der Waals surface area contributed by atoms with E-state index in [0.717, 1.165) is 47.6 Å². The average molecular weight is 471 g/mol. The molecule has 1 atom stereocenters. The molecule has 7 nitrogen and oxygen atoms in total. The number of unbranched alkanes of at least 4 members (excludes halogenated alkanes) is 1. The lowest BCUT2D eigenvalue weighted by molar-refractivity contribution is -0.118. The summed E-state index contributed by atoms with van der Waals surface area (Å²) in [6.07, 6.45) is 3.37. The minimum atomic E-state index is -0.345. The predicted molar refractivity (Wildman–Crippen MR) is 131 cm³/mol. The van der Waals surface area contributed by atoms with Crippen molar-refractivity contribution in [3.63, 3.8) is 0 Å². The van der Waals surface area contributed by atoms with E-state index in [0.29, 0.717) is 36.5 Å².